The summed E-state index contributed by atoms with van der Waals surface area (Å²) < 4.78 is 0. The molecule has 0 bridgehead atoms. The van der Waals surface area contributed by atoms with Crippen LogP contribution < -0.4 is 4.90 Å². The van der Waals surface area contributed by atoms with Crippen LogP contribution in [-0.4, -0.2) is 16.0 Å². The highest BCUT2D eigenvalue weighted by Crippen LogP contribution is 2.32. The van der Waals surface area contributed by atoms with Gasteiger partial charge in [-0.1, -0.05) is 37.3 Å². The summed E-state index contributed by atoms with van der Waals surface area (Å²) in [4.78, 5) is 11.1. The topological polar surface area (TPSA) is 29.0 Å². The van der Waals surface area contributed by atoms with Crippen LogP contribution in [0.5, 0.6) is 0 Å². The SMILES string of the molecule is CCC(C)N(c1ccccc1)c1ccc(-c2ccnc3ncccc23)cc1. The van der Waals surface area contributed by atoms with Gasteiger partial charge >= 0.3 is 0 Å². The largest absolute Gasteiger partial charge is 0.339 e. The third kappa shape index (κ3) is 3.41. The lowest BCUT2D eigenvalue weighted by Gasteiger charge is -2.31. The summed E-state index contributed by atoms with van der Waals surface area (Å²) in [6.45, 7) is 4.49. The van der Waals surface area contributed by atoms with Gasteiger partial charge in [-0.15, -0.1) is 0 Å². The fourth-order valence-electron chi connectivity index (χ4n) is 3.46. The molecule has 0 fully saturated rings. The number of hydrogen-bond acceptors (Lipinski definition) is 3. The van der Waals surface area contributed by atoms with Crippen molar-refractivity contribution in [1.29, 1.82) is 0 Å². The summed E-state index contributed by atoms with van der Waals surface area (Å²) in [7, 11) is 0. The number of anilines is 2. The predicted octanol–water partition coefficient (Wildman–Crippen LogP) is 6.23. The molecule has 0 N–H and O–H groups in total. The molecule has 0 aliphatic rings. The average molecular weight is 353 g/mol. The van der Waals surface area contributed by atoms with E-state index in [1.807, 2.05) is 12.3 Å². The van der Waals surface area contributed by atoms with E-state index in [1.165, 1.54) is 16.9 Å². The Morgan fingerprint density at radius 3 is 2.22 bits per heavy atom. The van der Waals surface area contributed by atoms with Gasteiger partial charge in [-0.3, -0.25) is 0 Å². The van der Waals surface area contributed by atoms with Crippen LogP contribution in [0, 0.1) is 0 Å². The van der Waals surface area contributed by atoms with E-state index in [2.05, 4.69) is 95.4 Å². The molecule has 0 spiro atoms. The van der Waals surface area contributed by atoms with Crippen molar-refractivity contribution in [2.75, 3.05) is 4.90 Å². The van der Waals surface area contributed by atoms with E-state index in [-0.39, 0.29) is 0 Å². The van der Waals surface area contributed by atoms with Crippen molar-refractivity contribution in [2.45, 2.75) is 26.3 Å². The Labute approximate surface area is 160 Å². The molecule has 3 heteroatoms. The minimum atomic E-state index is 0.421. The smallest absolute Gasteiger partial charge is 0.159 e. The first kappa shape index (κ1) is 17.2. The number of benzene rings is 2. The van der Waals surface area contributed by atoms with E-state index in [4.69, 9.17) is 0 Å². The highest BCUT2D eigenvalue weighted by atomic mass is 15.2. The number of fused-ring (bicyclic) bond motifs is 1. The molecule has 134 valence electrons. The molecule has 27 heavy (non-hydrogen) atoms. The van der Waals surface area contributed by atoms with Gasteiger partial charge in [0.05, 0.1) is 0 Å². The maximum absolute atomic E-state index is 4.37. The lowest BCUT2D eigenvalue weighted by atomic mass is 10.0. The molecule has 0 saturated carbocycles. The van der Waals surface area contributed by atoms with Crippen LogP contribution in [0.15, 0.2) is 85.2 Å². The van der Waals surface area contributed by atoms with Crippen LogP contribution in [0.3, 0.4) is 0 Å². The monoisotopic (exact) mass is 353 g/mol. The predicted molar refractivity (Wildman–Crippen MR) is 113 cm³/mol. The molecular formula is C24H23N3. The lowest BCUT2D eigenvalue weighted by molar-refractivity contribution is 0.688. The summed E-state index contributed by atoms with van der Waals surface area (Å²) >= 11 is 0. The molecule has 3 nitrogen and oxygen atoms in total. The molecule has 2 aromatic heterocycles. The van der Waals surface area contributed by atoms with Crippen LogP contribution in [0.25, 0.3) is 22.2 Å². The molecule has 0 aliphatic heterocycles. The summed E-state index contributed by atoms with van der Waals surface area (Å²) in [5.74, 6) is 0. The summed E-state index contributed by atoms with van der Waals surface area (Å²) in [6.07, 6.45) is 4.69. The molecule has 1 atom stereocenters. The first-order chi connectivity index (χ1) is 13.3. The van der Waals surface area contributed by atoms with Crippen molar-refractivity contribution in [1.82, 2.24) is 9.97 Å². The van der Waals surface area contributed by atoms with Crippen LogP contribution in [0.1, 0.15) is 20.3 Å². The van der Waals surface area contributed by atoms with Gasteiger partial charge in [0.15, 0.2) is 5.65 Å². The van der Waals surface area contributed by atoms with Gasteiger partial charge in [-0.25, -0.2) is 9.97 Å². The van der Waals surface area contributed by atoms with Gasteiger partial charge in [0.25, 0.3) is 0 Å². The number of aromatic nitrogens is 2. The van der Waals surface area contributed by atoms with Crippen molar-refractivity contribution >= 4 is 22.4 Å². The van der Waals surface area contributed by atoms with Crippen LogP contribution in [0.4, 0.5) is 11.4 Å². The Hall–Kier alpha value is -3.20. The minimum absolute atomic E-state index is 0.421. The zero-order chi connectivity index (χ0) is 18.6. The Bertz CT molecular complexity index is 1020. The normalized spacial score (nSPS) is 12.1. The molecule has 0 saturated heterocycles. The summed E-state index contributed by atoms with van der Waals surface area (Å²) in [6, 6.07) is 25.9. The maximum Gasteiger partial charge on any atom is 0.159 e. The first-order valence-corrected chi connectivity index (χ1v) is 9.42. The van der Waals surface area contributed by atoms with E-state index < -0.39 is 0 Å². The first-order valence-electron chi connectivity index (χ1n) is 9.42. The zero-order valence-electron chi connectivity index (χ0n) is 15.7. The standard InChI is InChI=1S/C24H23N3/c1-3-18(2)27(20-8-5-4-6-9-20)21-13-11-19(12-14-21)22-15-17-26-24-23(22)10-7-16-25-24/h4-18H,3H2,1-2H3. The lowest BCUT2D eigenvalue weighted by Crippen LogP contribution is -2.27. The highest BCUT2D eigenvalue weighted by Gasteiger charge is 2.15. The average Bonchev–Trinajstić information content (AvgIpc) is 2.75. The van der Waals surface area contributed by atoms with Gasteiger partial charge in [0.2, 0.25) is 0 Å². The van der Waals surface area contributed by atoms with E-state index in [9.17, 15) is 0 Å². The van der Waals surface area contributed by atoms with Gasteiger partial charge in [-0.05, 0) is 66.9 Å². The van der Waals surface area contributed by atoms with Crippen LogP contribution >= 0.6 is 0 Å². The quantitative estimate of drug-likeness (QED) is 0.425. The van der Waals surface area contributed by atoms with Gasteiger partial charge in [-0.2, -0.15) is 0 Å². The molecule has 0 amide bonds. The minimum Gasteiger partial charge on any atom is -0.339 e. The fourth-order valence-corrected chi connectivity index (χ4v) is 3.46. The van der Waals surface area contributed by atoms with Crippen molar-refractivity contribution in [3.8, 4) is 11.1 Å². The number of hydrogen-bond donors (Lipinski definition) is 0. The number of nitrogens with zero attached hydrogens (tertiary/aromatic N) is 3. The van der Waals surface area contributed by atoms with Crippen molar-refractivity contribution < 1.29 is 0 Å². The molecule has 2 aromatic carbocycles. The third-order valence-corrected chi connectivity index (χ3v) is 5.04. The zero-order valence-corrected chi connectivity index (χ0v) is 15.7. The van der Waals surface area contributed by atoms with Gasteiger partial charge in [0.1, 0.15) is 0 Å². The molecule has 1 unspecified atom stereocenters. The second kappa shape index (κ2) is 7.58. The Balaban J connectivity index is 1.74. The van der Waals surface area contributed by atoms with Crippen molar-refractivity contribution in [3.05, 3.63) is 85.2 Å². The molecule has 0 aliphatic carbocycles. The van der Waals surface area contributed by atoms with Crippen molar-refractivity contribution in [2.24, 2.45) is 0 Å². The Morgan fingerprint density at radius 2 is 1.48 bits per heavy atom. The Kier molecular flexibility index (Phi) is 4.84. The second-order valence-corrected chi connectivity index (χ2v) is 6.74. The maximum atomic E-state index is 4.37. The molecule has 2 heterocycles. The van der Waals surface area contributed by atoms with E-state index in [0.717, 1.165) is 23.0 Å². The summed E-state index contributed by atoms with van der Waals surface area (Å²) in [5.41, 5.74) is 5.55. The second-order valence-electron chi connectivity index (χ2n) is 6.74. The van der Waals surface area contributed by atoms with Crippen LogP contribution in [0.2, 0.25) is 0 Å². The van der Waals surface area contributed by atoms with E-state index in [1.54, 1.807) is 6.20 Å². The van der Waals surface area contributed by atoms with E-state index >= 15 is 0 Å². The highest BCUT2D eigenvalue weighted by molar-refractivity contribution is 5.92. The summed E-state index contributed by atoms with van der Waals surface area (Å²) in [5, 5.41) is 1.08. The Morgan fingerprint density at radius 1 is 0.778 bits per heavy atom. The number of para-hydroxylation sites is 1. The molecular weight excluding hydrogens is 330 g/mol. The van der Waals surface area contributed by atoms with Gasteiger partial charge < -0.3 is 4.90 Å². The molecule has 0 radical (unpaired) electrons. The molecule has 4 aromatic rings. The molecule has 4 rings (SSSR count). The number of pyridine rings is 2. The van der Waals surface area contributed by atoms with E-state index in [0.29, 0.717) is 6.04 Å². The van der Waals surface area contributed by atoms with Crippen molar-refractivity contribution in [3.63, 3.8) is 0 Å². The third-order valence-electron chi connectivity index (χ3n) is 5.04. The number of rotatable bonds is 5. The van der Waals surface area contributed by atoms with Crippen LogP contribution in [-0.2, 0) is 0 Å². The van der Waals surface area contributed by atoms with Gasteiger partial charge in [0, 0.05) is 35.2 Å². The fraction of sp³-hybridized carbons (Fsp3) is 0.167.